The van der Waals surface area contributed by atoms with E-state index in [0.29, 0.717) is 12.1 Å². The lowest BCUT2D eigenvalue weighted by atomic mass is 9.78. The third kappa shape index (κ3) is 5.96. The van der Waals surface area contributed by atoms with E-state index in [0.717, 1.165) is 39.4 Å². The number of carbonyl (C=O) groups is 2. The van der Waals surface area contributed by atoms with Gasteiger partial charge in [-0.25, -0.2) is 4.98 Å². The van der Waals surface area contributed by atoms with Crippen molar-refractivity contribution in [3.8, 4) is 11.3 Å². The zero-order chi connectivity index (χ0) is 29.3. The minimum absolute atomic E-state index is 0.0897. The summed E-state index contributed by atoms with van der Waals surface area (Å²) in [4.78, 5) is 30.7. The van der Waals surface area contributed by atoms with Crippen molar-refractivity contribution in [2.45, 2.75) is 26.2 Å². The number of thiazole rings is 1. The third-order valence-corrected chi connectivity index (χ3v) is 9.17. The zero-order valence-electron chi connectivity index (χ0n) is 23.1. The average Bonchev–Trinajstić information content (AvgIpc) is 3.61. The number of aliphatic carboxylic acids is 1. The molecule has 4 aromatic rings. The Morgan fingerprint density at radius 2 is 1.83 bits per heavy atom. The first-order valence-corrected chi connectivity index (χ1v) is 15.5. The number of hydrogen-bond acceptors (Lipinski definition) is 5. The Labute approximate surface area is 257 Å². The number of halogens is 1. The number of aromatic nitrogens is 1. The number of nitrogens with one attached hydrogen (secondary N) is 1. The maximum Gasteiger partial charge on any atom is 0.305 e. The fourth-order valence-electron chi connectivity index (χ4n) is 5.66. The Morgan fingerprint density at radius 3 is 2.60 bits per heavy atom. The molecule has 0 saturated carbocycles. The van der Waals surface area contributed by atoms with Gasteiger partial charge in [0.1, 0.15) is 0 Å². The van der Waals surface area contributed by atoms with Crippen LogP contribution in [0.15, 0.2) is 100 Å². The quantitative estimate of drug-likeness (QED) is 0.195. The van der Waals surface area contributed by atoms with Crippen molar-refractivity contribution in [2.24, 2.45) is 5.41 Å². The lowest BCUT2D eigenvalue weighted by molar-refractivity contribution is -0.136. The molecule has 212 valence electrons. The van der Waals surface area contributed by atoms with E-state index in [-0.39, 0.29) is 24.3 Å². The van der Waals surface area contributed by atoms with Crippen molar-refractivity contribution >= 4 is 55.5 Å². The SMILES string of the molecule is CC1(CN(c2ccc(C(=O)NCCC(=O)O)cc2)c2nc(-c3ccc(Br)cc3)cs2)C=C2Cc3ccccc3C2=CC1. The molecule has 6 rings (SSSR count). The van der Waals surface area contributed by atoms with Gasteiger partial charge in [0.25, 0.3) is 5.91 Å². The second-order valence-corrected chi connectivity index (χ2v) is 12.8. The monoisotopic (exact) mass is 639 g/mol. The maximum atomic E-state index is 12.6. The summed E-state index contributed by atoms with van der Waals surface area (Å²) in [5.74, 6) is -1.23. The lowest BCUT2D eigenvalue weighted by Crippen LogP contribution is -2.33. The average molecular weight is 641 g/mol. The Bertz CT molecular complexity index is 1710. The van der Waals surface area contributed by atoms with Crippen LogP contribution in [0.4, 0.5) is 10.8 Å². The topological polar surface area (TPSA) is 82.5 Å². The van der Waals surface area contributed by atoms with Gasteiger partial charge < -0.3 is 15.3 Å². The predicted molar refractivity (Wildman–Crippen MR) is 172 cm³/mol. The number of allylic oxidation sites excluding steroid dienone is 3. The number of carboxylic acid groups (broad SMARTS) is 1. The van der Waals surface area contributed by atoms with Gasteiger partial charge >= 0.3 is 5.97 Å². The molecule has 1 atom stereocenters. The van der Waals surface area contributed by atoms with E-state index < -0.39 is 5.97 Å². The molecule has 0 radical (unpaired) electrons. The Balaban J connectivity index is 1.29. The highest BCUT2D eigenvalue weighted by molar-refractivity contribution is 9.10. The molecule has 1 amide bonds. The highest BCUT2D eigenvalue weighted by atomic mass is 79.9. The van der Waals surface area contributed by atoms with Crippen LogP contribution in [-0.2, 0) is 11.2 Å². The molecule has 2 aliphatic carbocycles. The number of benzene rings is 3. The summed E-state index contributed by atoms with van der Waals surface area (Å²) in [6.45, 7) is 3.11. The van der Waals surface area contributed by atoms with Gasteiger partial charge in [-0.15, -0.1) is 11.3 Å². The summed E-state index contributed by atoms with van der Waals surface area (Å²) in [6.07, 6.45) is 6.58. The van der Waals surface area contributed by atoms with Crippen molar-refractivity contribution in [1.82, 2.24) is 10.3 Å². The minimum Gasteiger partial charge on any atom is -0.481 e. The van der Waals surface area contributed by atoms with Crippen molar-refractivity contribution in [2.75, 3.05) is 18.0 Å². The summed E-state index contributed by atoms with van der Waals surface area (Å²) < 4.78 is 1.02. The highest BCUT2D eigenvalue weighted by Gasteiger charge is 2.33. The Kier molecular flexibility index (Phi) is 7.84. The van der Waals surface area contributed by atoms with E-state index in [9.17, 15) is 9.59 Å². The third-order valence-electron chi connectivity index (χ3n) is 7.78. The standard InChI is InChI=1S/C34H30BrN3O3S/c1-34(16-14-29-25(19-34)18-24-4-2-3-5-28(24)29)21-38(33-37-30(20-42-33)22-6-10-26(35)11-7-22)27-12-8-23(9-13-27)32(41)36-17-15-31(39)40/h2-14,19-20H,15-18,21H2,1H3,(H,36,41)(H,39,40). The van der Waals surface area contributed by atoms with Gasteiger partial charge in [0.05, 0.1) is 12.1 Å². The molecular formula is C34H30BrN3O3S. The van der Waals surface area contributed by atoms with Gasteiger partial charge in [-0.2, -0.15) is 0 Å². The van der Waals surface area contributed by atoms with Crippen LogP contribution in [-0.4, -0.2) is 35.1 Å². The second-order valence-electron chi connectivity index (χ2n) is 11.0. The van der Waals surface area contributed by atoms with Gasteiger partial charge in [0.2, 0.25) is 0 Å². The van der Waals surface area contributed by atoms with E-state index >= 15 is 0 Å². The number of nitrogens with zero attached hydrogens (tertiary/aromatic N) is 2. The van der Waals surface area contributed by atoms with E-state index in [4.69, 9.17) is 10.1 Å². The van der Waals surface area contributed by atoms with Crippen molar-refractivity contribution in [3.63, 3.8) is 0 Å². The number of amides is 1. The Hall–Kier alpha value is -4.01. The van der Waals surface area contributed by atoms with Crippen molar-refractivity contribution in [1.29, 1.82) is 0 Å². The zero-order valence-corrected chi connectivity index (χ0v) is 25.5. The maximum absolute atomic E-state index is 12.6. The molecule has 1 heterocycles. The van der Waals surface area contributed by atoms with Gasteiger partial charge in [0.15, 0.2) is 5.13 Å². The van der Waals surface area contributed by atoms with E-state index in [2.05, 4.69) is 87.0 Å². The van der Waals surface area contributed by atoms with Crippen molar-refractivity contribution < 1.29 is 14.7 Å². The molecule has 42 heavy (non-hydrogen) atoms. The number of carbonyl (C=O) groups excluding carboxylic acids is 1. The first-order chi connectivity index (χ1) is 20.3. The van der Waals surface area contributed by atoms with E-state index in [1.165, 1.54) is 22.3 Å². The molecule has 1 aromatic heterocycles. The van der Waals surface area contributed by atoms with Crippen LogP contribution in [0.3, 0.4) is 0 Å². The number of carboxylic acids is 1. The fraction of sp³-hybridized carbons (Fsp3) is 0.206. The summed E-state index contributed by atoms with van der Waals surface area (Å²) in [5, 5.41) is 14.5. The molecule has 3 aromatic carbocycles. The van der Waals surface area contributed by atoms with Crippen LogP contribution in [0, 0.1) is 5.41 Å². The van der Waals surface area contributed by atoms with Gasteiger partial charge in [-0.3, -0.25) is 9.59 Å². The summed E-state index contributed by atoms with van der Waals surface area (Å²) in [7, 11) is 0. The van der Waals surface area contributed by atoms with E-state index in [1.807, 2.05) is 24.3 Å². The molecule has 6 nitrogen and oxygen atoms in total. The van der Waals surface area contributed by atoms with Crippen LogP contribution < -0.4 is 10.2 Å². The molecule has 0 fully saturated rings. The van der Waals surface area contributed by atoms with Crippen LogP contribution in [0.25, 0.3) is 16.8 Å². The molecule has 1 unspecified atom stereocenters. The van der Waals surface area contributed by atoms with E-state index in [1.54, 1.807) is 23.5 Å². The molecule has 2 N–H and O–H groups in total. The lowest BCUT2D eigenvalue weighted by Gasteiger charge is -2.35. The number of anilines is 2. The highest BCUT2D eigenvalue weighted by Crippen LogP contribution is 2.46. The molecule has 8 heteroatoms. The van der Waals surface area contributed by atoms with Gasteiger partial charge in [-0.05, 0) is 71.5 Å². The summed E-state index contributed by atoms with van der Waals surface area (Å²) in [5.41, 5.74) is 8.74. The van der Waals surface area contributed by atoms with Crippen molar-refractivity contribution in [3.05, 3.63) is 117 Å². The van der Waals surface area contributed by atoms with Crippen LogP contribution in [0.2, 0.25) is 0 Å². The second kappa shape index (κ2) is 11.7. The number of fused-ring (bicyclic) bond motifs is 3. The first kappa shape index (κ1) is 28.1. The normalized spacial score (nSPS) is 17.1. The van der Waals surface area contributed by atoms with Crippen LogP contribution in [0.1, 0.15) is 41.3 Å². The Morgan fingerprint density at radius 1 is 1.07 bits per heavy atom. The summed E-state index contributed by atoms with van der Waals surface area (Å²) >= 11 is 5.12. The van der Waals surface area contributed by atoms with Gasteiger partial charge in [-0.1, -0.05) is 71.4 Å². The largest absolute Gasteiger partial charge is 0.481 e. The molecule has 0 bridgehead atoms. The minimum atomic E-state index is -0.943. The summed E-state index contributed by atoms with van der Waals surface area (Å²) in [6, 6.07) is 24.3. The fourth-order valence-corrected chi connectivity index (χ4v) is 6.77. The number of rotatable bonds is 9. The molecule has 0 aliphatic heterocycles. The molecule has 0 spiro atoms. The molecule has 0 saturated heterocycles. The van der Waals surface area contributed by atoms with Crippen LogP contribution >= 0.6 is 27.3 Å². The first-order valence-electron chi connectivity index (χ1n) is 13.9. The predicted octanol–water partition coefficient (Wildman–Crippen LogP) is 7.89. The molecular weight excluding hydrogens is 610 g/mol. The number of hydrogen-bond donors (Lipinski definition) is 2. The van der Waals surface area contributed by atoms with Gasteiger partial charge in [0, 0.05) is 45.2 Å². The molecule has 2 aliphatic rings. The smallest absolute Gasteiger partial charge is 0.305 e. The van der Waals surface area contributed by atoms with Crippen LogP contribution in [0.5, 0.6) is 0 Å².